The molecule has 2 fully saturated rings. The van der Waals surface area contributed by atoms with Crippen LogP contribution in [0.15, 0.2) is 54.6 Å². The van der Waals surface area contributed by atoms with Gasteiger partial charge in [0.25, 0.3) is 0 Å². The zero-order valence-electron chi connectivity index (χ0n) is 14.6. The van der Waals surface area contributed by atoms with Gasteiger partial charge in [0.2, 0.25) is 0 Å². The summed E-state index contributed by atoms with van der Waals surface area (Å²) in [5.41, 5.74) is 1.44. The lowest BCUT2D eigenvalue weighted by Gasteiger charge is -2.52. The van der Waals surface area contributed by atoms with Crippen molar-refractivity contribution in [3.8, 4) is 5.75 Å². The Morgan fingerprint density at radius 2 is 1.80 bits per heavy atom. The van der Waals surface area contributed by atoms with Crippen molar-refractivity contribution >= 4 is 0 Å². The molecule has 0 spiro atoms. The number of nitrogens with zero attached hydrogens (tertiary/aromatic N) is 1. The topological polar surface area (TPSA) is 41.9 Å². The summed E-state index contributed by atoms with van der Waals surface area (Å²) in [6, 6.07) is 18.8. The number of hydrogen-bond donors (Lipinski definition) is 1. The van der Waals surface area contributed by atoms with E-state index in [0.717, 1.165) is 17.9 Å². The van der Waals surface area contributed by atoms with Gasteiger partial charge in [-0.15, -0.1) is 0 Å². The Bertz CT molecular complexity index is 704. The first-order valence-electron chi connectivity index (χ1n) is 8.92. The number of piperidine rings is 1. The van der Waals surface area contributed by atoms with Gasteiger partial charge in [-0.25, -0.2) is 0 Å². The highest BCUT2D eigenvalue weighted by molar-refractivity contribution is 5.33. The van der Waals surface area contributed by atoms with Crippen LogP contribution in [-0.4, -0.2) is 42.4 Å². The second-order valence-corrected chi connectivity index (χ2v) is 7.17. The molecule has 2 atom stereocenters. The molecule has 2 unspecified atom stereocenters. The summed E-state index contributed by atoms with van der Waals surface area (Å²) in [5, 5.41) is 11.4. The fourth-order valence-electron chi connectivity index (χ4n) is 4.25. The number of aliphatic hydroxyl groups is 1. The third-order valence-corrected chi connectivity index (χ3v) is 5.52. The minimum Gasteiger partial charge on any atom is -0.497 e. The molecule has 0 amide bonds. The zero-order chi connectivity index (χ0) is 17.3. The Morgan fingerprint density at radius 3 is 2.48 bits per heavy atom. The van der Waals surface area contributed by atoms with Gasteiger partial charge in [0, 0.05) is 18.6 Å². The average molecular weight is 339 g/mol. The Kier molecular flexibility index (Phi) is 4.50. The van der Waals surface area contributed by atoms with E-state index in [1.165, 1.54) is 5.56 Å². The molecule has 25 heavy (non-hydrogen) atoms. The van der Waals surface area contributed by atoms with Gasteiger partial charge < -0.3 is 14.6 Å². The number of methoxy groups -OCH3 is 1. The maximum atomic E-state index is 11.4. The summed E-state index contributed by atoms with van der Waals surface area (Å²) in [6.07, 6.45) is 1.37. The van der Waals surface area contributed by atoms with Crippen molar-refractivity contribution < 1.29 is 14.6 Å². The maximum absolute atomic E-state index is 11.4. The van der Waals surface area contributed by atoms with Crippen LogP contribution in [0.5, 0.6) is 5.75 Å². The third kappa shape index (κ3) is 3.30. The molecule has 4 nitrogen and oxygen atoms in total. The van der Waals surface area contributed by atoms with Crippen LogP contribution in [0.25, 0.3) is 0 Å². The van der Waals surface area contributed by atoms with E-state index in [2.05, 4.69) is 29.2 Å². The van der Waals surface area contributed by atoms with E-state index in [4.69, 9.17) is 9.47 Å². The summed E-state index contributed by atoms with van der Waals surface area (Å²) in [7, 11) is 1.66. The fourth-order valence-corrected chi connectivity index (χ4v) is 4.25. The van der Waals surface area contributed by atoms with Gasteiger partial charge in [0.1, 0.15) is 5.75 Å². The molecule has 2 aliphatic rings. The standard InChI is InChI=1S/C21H25NO3/c1-24-20-9-5-8-17(10-20)21(23)11-18-14-25-15-19(12-21)22(18)13-16-6-3-2-4-7-16/h2-10,18-19,23H,11-15H2,1H3. The van der Waals surface area contributed by atoms with E-state index in [-0.39, 0.29) is 12.1 Å². The molecule has 1 N–H and O–H groups in total. The van der Waals surface area contributed by atoms with E-state index in [1.54, 1.807) is 7.11 Å². The van der Waals surface area contributed by atoms with Crippen LogP contribution in [0.4, 0.5) is 0 Å². The van der Waals surface area contributed by atoms with Crippen LogP contribution < -0.4 is 4.74 Å². The summed E-state index contributed by atoms with van der Waals surface area (Å²) in [5.74, 6) is 0.791. The van der Waals surface area contributed by atoms with Crippen LogP contribution >= 0.6 is 0 Å². The van der Waals surface area contributed by atoms with Gasteiger partial charge in [-0.2, -0.15) is 0 Å². The molecule has 132 valence electrons. The number of fused-ring (bicyclic) bond motifs is 2. The molecule has 2 aliphatic heterocycles. The van der Waals surface area contributed by atoms with Gasteiger partial charge in [-0.1, -0.05) is 42.5 Å². The quantitative estimate of drug-likeness (QED) is 0.930. The summed E-state index contributed by atoms with van der Waals surface area (Å²) < 4.78 is 11.1. The number of morpholine rings is 1. The molecule has 4 heteroatoms. The monoisotopic (exact) mass is 339 g/mol. The minimum absolute atomic E-state index is 0.226. The Hall–Kier alpha value is -1.88. The van der Waals surface area contributed by atoms with E-state index >= 15 is 0 Å². The van der Waals surface area contributed by atoms with Crippen molar-refractivity contribution in [1.82, 2.24) is 4.90 Å². The summed E-state index contributed by atoms with van der Waals surface area (Å²) >= 11 is 0. The van der Waals surface area contributed by atoms with Gasteiger partial charge >= 0.3 is 0 Å². The van der Waals surface area contributed by atoms with Crippen molar-refractivity contribution in [3.63, 3.8) is 0 Å². The lowest BCUT2D eigenvalue weighted by Crippen LogP contribution is -2.60. The van der Waals surface area contributed by atoms with Crippen LogP contribution in [0.3, 0.4) is 0 Å². The van der Waals surface area contributed by atoms with Gasteiger partial charge in [0.05, 0.1) is 25.9 Å². The lowest BCUT2D eigenvalue weighted by atomic mass is 9.76. The zero-order valence-corrected chi connectivity index (χ0v) is 14.6. The molecule has 2 saturated heterocycles. The van der Waals surface area contributed by atoms with Crippen LogP contribution in [-0.2, 0) is 16.9 Å². The minimum atomic E-state index is -0.819. The second kappa shape index (κ2) is 6.79. The molecule has 2 bridgehead atoms. The molecule has 2 aromatic rings. The highest BCUT2D eigenvalue weighted by atomic mass is 16.5. The average Bonchev–Trinajstić information content (AvgIpc) is 2.64. The SMILES string of the molecule is COc1cccc(C2(O)CC3COCC(C2)N3Cc2ccccc2)c1. The molecular weight excluding hydrogens is 314 g/mol. The highest BCUT2D eigenvalue weighted by Gasteiger charge is 2.46. The number of ether oxygens (including phenoxy) is 2. The van der Waals surface area contributed by atoms with Crippen molar-refractivity contribution in [2.24, 2.45) is 0 Å². The first-order valence-corrected chi connectivity index (χ1v) is 8.92. The number of rotatable bonds is 4. The Labute approximate surface area is 149 Å². The van der Waals surface area contributed by atoms with Crippen LogP contribution in [0, 0.1) is 0 Å². The molecule has 2 aromatic carbocycles. The predicted molar refractivity (Wildman–Crippen MR) is 96.5 cm³/mol. The Morgan fingerprint density at radius 1 is 1.08 bits per heavy atom. The highest BCUT2D eigenvalue weighted by Crippen LogP contribution is 2.42. The van der Waals surface area contributed by atoms with Crippen molar-refractivity contribution in [2.75, 3.05) is 20.3 Å². The van der Waals surface area contributed by atoms with E-state index < -0.39 is 5.60 Å². The summed E-state index contributed by atoms with van der Waals surface area (Å²) in [4.78, 5) is 2.51. The van der Waals surface area contributed by atoms with Crippen LogP contribution in [0.2, 0.25) is 0 Å². The van der Waals surface area contributed by atoms with Crippen molar-refractivity contribution in [3.05, 3.63) is 65.7 Å². The number of benzene rings is 2. The number of hydrogen-bond acceptors (Lipinski definition) is 4. The summed E-state index contributed by atoms with van der Waals surface area (Å²) in [6.45, 7) is 2.26. The first kappa shape index (κ1) is 16.6. The van der Waals surface area contributed by atoms with Crippen molar-refractivity contribution in [2.45, 2.75) is 37.1 Å². The molecule has 0 aliphatic carbocycles. The largest absolute Gasteiger partial charge is 0.497 e. The molecule has 0 radical (unpaired) electrons. The third-order valence-electron chi connectivity index (χ3n) is 5.52. The van der Waals surface area contributed by atoms with E-state index in [9.17, 15) is 5.11 Å². The first-order chi connectivity index (χ1) is 12.2. The molecule has 2 heterocycles. The van der Waals surface area contributed by atoms with E-state index in [0.29, 0.717) is 26.1 Å². The predicted octanol–water partition coefficient (Wildman–Crippen LogP) is 2.95. The van der Waals surface area contributed by atoms with Gasteiger partial charge in [-0.05, 0) is 36.1 Å². The van der Waals surface area contributed by atoms with Crippen molar-refractivity contribution in [1.29, 1.82) is 0 Å². The van der Waals surface area contributed by atoms with Gasteiger partial charge in [0.15, 0.2) is 0 Å². The fraction of sp³-hybridized carbons (Fsp3) is 0.429. The smallest absolute Gasteiger partial charge is 0.119 e. The maximum Gasteiger partial charge on any atom is 0.119 e. The van der Waals surface area contributed by atoms with Gasteiger partial charge in [-0.3, -0.25) is 4.90 Å². The molecular formula is C21H25NO3. The second-order valence-electron chi connectivity index (χ2n) is 7.17. The Balaban J connectivity index is 1.58. The van der Waals surface area contributed by atoms with Crippen LogP contribution in [0.1, 0.15) is 24.0 Å². The molecule has 0 aromatic heterocycles. The molecule has 4 rings (SSSR count). The lowest BCUT2D eigenvalue weighted by molar-refractivity contribution is -0.149. The van der Waals surface area contributed by atoms with E-state index in [1.807, 2.05) is 30.3 Å². The molecule has 0 saturated carbocycles. The normalized spacial score (nSPS) is 29.4.